The quantitative estimate of drug-likeness (QED) is 0.758. The second-order valence-corrected chi connectivity index (χ2v) is 6.94. The first-order valence-corrected chi connectivity index (χ1v) is 8.58. The number of nitrogens with zero attached hydrogens (tertiary/aromatic N) is 1. The molecule has 0 aromatic heterocycles. The molecule has 4 rings (SSSR count). The van der Waals surface area contributed by atoms with Gasteiger partial charge in [-0.05, 0) is 30.7 Å². The normalized spacial score (nSPS) is 35.5. The monoisotopic (exact) mass is 284 g/mol. The van der Waals surface area contributed by atoms with Crippen molar-refractivity contribution in [1.82, 2.24) is 0 Å². The van der Waals surface area contributed by atoms with Crippen LogP contribution in [-0.2, 0) is 4.74 Å². The molecule has 3 fully saturated rings. The molecule has 1 saturated heterocycles. The first kappa shape index (κ1) is 13.5. The Morgan fingerprint density at radius 3 is 2.38 bits per heavy atom. The Bertz CT molecular complexity index is 528. The number of methoxy groups -OCH3 is 1. The Balaban J connectivity index is 1.75. The van der Waals surface area contributed by atoms with Crippen LogP contribution >= 0.6 is 0 Å². The summed E-state index contributed by atoms with van der Waals surface area (Å²) in [4.78, 5) is 0. The lowest BCUT2D eigenvalue weighted by molar-refractivity contribution is -0.511. The van der Waals surface area contributed by atoms with E-state index in [1.54, 1.807) is 5.71 Å². The van der Waals surface area contributed by atoms with Crippen molar-refractivity contribution in [2.24, 2.45) is 11.8 Å². The largest absolute Gasteiger partial charge is 0.381 e. The maximum Gasteiger partial charge on any atom is 0.161 e. The lowest BCUT2D eigenvalue weighted by atomic mass is 9.73. The maximum absolute atomic E-state index is 5.92. The van der Waals surface area contributed by atoms with Crippen LogP contribution in [0.1, 0.15) is 43.6 Å². The van der Waals surface area contributed by atoms with Gasteiger partial charge in [0.15, 0.2) is 5.71 Å². The van der Waals surface area contributed by atoms with Crippen LogP contribution < -0.4 is 0 Å². The van der Waals surface area contributed by atoms with Gasteiger partial charge in [-0.3, -0.25) is 0 Å². The first-order chi connectivity index (χ1) is 10.4. The van der Waals surface area contributed by atoms with E-state index in [1.165, 1.54) is 50.8 Å². The molecular weight excluding hydrogens is 258 g/mol. The van der Waals surface area contributed by atoms with Crippen molar-refractivity contribution in [2.45, 2.75) is 44.1 Å². The highest BCUT2D eigenvalue weighted by molar-refractivity contribution is 5.89. The van der Waals surface area contributed by atoms with Crippen molar-refractivity contribution in [1.29, 1.82) is 0 Å². The molecule has 3 aliphatic rings. The molecule has 0 unspecified atom stereocenters. The Labute approximate surface area is 127 Å². The third kappa shape index (κ3) is 2.24. The van der Waals surface area contributed by atoms with Crippen LogP contribution in [0.3, 0.4) is 0 Å². The summed E-state index contributed by atoms with van der Waals surface area (Å²) in [5.74, 6) is 2.12. The predicted octanol–water partition coefficient (Wildman–Crippen LogP) is 3.46. The highest BCUT2D eigenvalue weighted by atomic mass is 16.5. The molecule has 21 heavy (non-hydrogen) atoms. The highest BCUT2D eigenvalue weighted by Gasteiger charge is 2.52. The Hall–Kier alpha value is -1.15. The second kappa shape index (κ2) is 5.57. The van der Waals surface area contributed by atoms with Crippen molar-refractivity contribution in [3.63, 3.8) is 0 Å². The fourth-order valence-corrected chi connectivity index (χ4v) is 5.07. The summed E-state index contributed by atoms with van der Waals surface area (Å²) in [5.41, 5.74) is 3.26. The molecule has 0 spiro atoms. The third-order valence-corrected chi connectivity index (χ3v) is 5.97. The lowest BCUT2D eigenvalue weighted by Crippen LogP contribution is -2.42. The maximum atomic E-state index is 5.92. The average molecular weight is 284 g/mol. The van der Waals surface area contributed by atoms with E-state index < -0.39 is 0 Å². The van der Waals surface area contributed by atoms with E-state index in [2.05, 4.69) is 34.9 Å². The standard InChI is InChI=1S/C19H26NO/c1-21-18-13-17(14-7-3-2-4-8-14)15-9-10-16(18)19(15)20-11-5-6-12-20/h2-4,7-8,15-18H,5-6,9-13H2,1H3/q+1/t15-,16+,17+,18-/m0/s1. The fraction of sp³-hybridized carbons (Fsp3) is 0.632. The van der Waals surface area contributed by atoms with Crippen molar-refractivity contribution in [2.75, 3.05) is 20.2 Å². The van der Waals surface area contributed by atoms with Crippen LogP contribution in [0.15, 0.2) is 30.3 Å². The zero-order valence-corrected chi connectivity index (χ0v) is 13.0. The van der Waals surface area contributed by atoms with Crippen LogP contribution in [0.5, 0.6) is 0 Å². The van der Waals surface area contributed by atoms with Crippen molar-refractivity contribution < 1.29 is 9.31 Å². The van der Waals surface area contributed by atoms with E-state index in [4.69, 9.17) is 4.74 Å². The first-order valence-electron chi connectivity index (χ1n) is 8.58. The summed E-state index contributed by atoms with van der Waals surface area (Å²) in [6.07, 6.45) is 7.05. The molecule has 0 N–H and O–H groups in total. The van der Waals surface area contributed by atoms with Gasteiger partial charge in [-0.25, -0.2) is 4.58 Å². The number of fused-ring (bicyclic) bond motifs is 2. The summed E-state index contributed by atoms with van der Waals surface area (Å²) < 4.78 is 8.63. The molecule has 2 heteroatoms. The molecular formula is C19H26NO+. The van der Waals surface area contributed by atoms with E-state index in [1.807, 2.05) is 7.11 Å². The summed E-state index contributed by atoms with van der Waals surface area (Å²) in [5, 5.41) is 0. The SMILES string of the molecule is CO[C@H]1C[C@H](c2ccccc2)[C@@H]2CC[C@H]1C2=[N+]1CCCC1. The van der Waals surface area contributed by atoms with Gasteiger partial charge in [-0.2, -0.15) is 0 Å². The van der Waals surface area contributed by atoms with Gasteiger partial charge in [-0.15, -0.1) is 0 Å². The molecule has 2 saturated carbocycles. The molecule has 0 amide bonds. The third-order valence-electron chi connectivity index (χ3n) is 5.97. The number of benzene rings is 1. The summed E-state index contributed by atoms with van der Waals surface area (Å²) in [6.45, 7) is 2.56. The zero-order valence-electron chi connectivity index (χ0n) is 13.0. The fourth-order valence-electron chi connectivity index (χ4n) is 5.07. The van der Waals surface area contributed by atoms with Crippen molar-refractivity contribution in [3.8, 4) is 0 Å². The van der Waals surface area contributed by atoms with E-state index in [0.29, 0.717) is 17.9 Å². The number of ether oxygens (including phenoxy) is 1. The smallest absolute Gasteiger partial charge is 0.161 e. The van der Waals surface area contributed by atoms with E-state index in [-0.39, 0.29) is 0 Å². The highest BCUT2D eigenvalue weighted by Crippen LogP contribution is 2.49. The number of rotatable bonds is 2. The van der Waals surface area contributed by atoms with Crippen LogP contribution in [0.25, 0.3) is 0 Å². The van der Waals surface area contributed by atoms with Gasteiger partial charge in [0.05, 0.1) is 12.0 Å². The van der Waals surface area contributed by atoms with Gasteiger partial charge in [-0.1, -0.05) is 30.3 Å². The van der Waals surface area contributed by atoms with E-state index in [9.17, 15) is 0 Å². The molecule has 1 heterocycles. The predicted molar refractivity (Wildman–Crippen MR) is 85.0 cm³/mol. The van der Waals surface area contributed by atoms with Crippen molar-refractivity contribution in [3.05, 3.63) is 35.9 Å². The van der Waals surface area contributed by atoms with E-state index >= 15 is 0 Å². The molecule has 2 aliphatic carbocycles. The summed E-state index contributed by atoms with van der Waals surface area (Å²) in [7, 11) is 1.91. The number of hydrogen-bond acceptors (Lipinski definition) is 1. The van der Waals surface area contributed by atoms with Gasteiger partial charge < -0.3 is 4.74 Å². The lowest BCUT2D eigenvalue weighted by Gasteiger charge is -2.34. The average Bonchev–Trinajstić information content (AvgIpc) is 3.16. The molecule has 4 atom stereocenters. The van der Waals surface area contributed by atoms with Gasteiger partial charge >= 0.3 is 0 Å². The Morgan fingerprint density at radius 1 is 0.952 bits per heavy atom. The minimum atomic E-state index is 0.421. The summed E-state index contributed by atoms with van der Waals surface area (Å²) in [6, 6.07) is 11.1. The molecule has 1 aliphatic heterocycles. The minimum Gasteiger partial charge on any atom is -0.381 e. The van der Waals surface area contributed by atoms with Gasteiger partial charge in [0.1, 0.15) is 13.1 Å². The van der Waals surface area contributed by atoms with Crippen LogP contribution in [-0.4, -0.2) is 36.6 Å². The molecule has 112 valence electrons. The van der Waals surface area contributed by atoms with E-state index in [0.717, 1.165) is 5.92 Å². The zero-order chi connectivity index (χ0) is 14.2. The number of hydrogen-bond donors (Lipinski definition) is 0. The van der Waals surface area contributed by atoms with Gasteiger partial charge in [0.2, 0.25) is 0 Å². The molecule has 1 aromatic rings. The molecule has 0 radical (unpaired) electrons. The topological polar surface area (TPSA) is 12.2 Å². The Kier molecular flexibility index (Phi) is 3.58. The van der Waals surface area contributed by atoms with Crippen LogP contribution in [0, 0.1) is 11.8 Å². The summed E-state index contributed by atoms with van der Waals surface area (Å²) >= 11 is 0. The molecule has 1 aromatic carbocycles. The molecule has 2 nitrogen and oxygen atoms in total. The van der Waals surface area contributed by atoms with Crippen LogP contribution in [0.4, 0.5) is 0 Å². The van der Waals surface area contributed by atoms with Gasteiger partial charge in [0, 0.05) is 25.9 Å². The van der Waals surface area contributed by atoms with Crippen molar-refractivity contribution >= 4 is 5.71 Å². The van der Waals surface area contributed by atoms with Crippen LogP contribution in [0.2, 0.25) is 0 Å². The van der Waals surface area contributed by atoms with Gasteiger partial charge in [0.25, 0.3) is 0 Å². The minimum absolute atomic E-state index is 0.421. The second-order valence-electron chi connectivity index (χ2n) is 6.94. The Morgan fingerprint density at radius 2 is 1.67 bits per heavy atom. The molecule has 2 bridgehead atoms.